The third kappa shape index (κ3) is 2.99. The predicted octanol–water partition coefficient (Wildman–Crippen LogP) is 2.50. The molecule has 2 aromatic rings. The molecule has 1 fully saturated rings. The molecule has 1 aromatic heterocycles. The summed E-state index contributed by atoms with van der Waals surface area (Å²) < 4.78 is 32.8. The lowest BCUT2D eigenvalue weighted by Crippen LogP contribution is -2.61. The second-order valence-corrected chi connectivity index (χ2v) is 9.63. The van der Waals surface area contributed by atoms with E-state index in [2.05, 4.69) is 16.3 Å². The molecule has 134 valence electrons. The molecule has 2 aliphatic heterocycles. The minimum absolute atomic E-state index is 0.271. The lowest BCUT2D eigenvalue weighted by atomic mass is 10.0. The molecule has 3 heterocycles. The Morgan fingerprint density at radius 2 is 2.04 bits per heavy atom. The van der Waals surface area contributed by atoms with Crippen LogP contribution < -0.4 is 4.74 Å². The molecule has 0 N–H and O–H groups in total. The van der Waals surface area contributed by atoms with Crippen LogP contribution in [0.25, 0.3) is 0 Å². The Morgan fingerprint density at radius 1 is 1.24 bits per heavy atom. The minimum Gasteiger partial charge on any atom is -0.495 e. The normalized spacial score (nSPS) is 19.4. The van der Waals surface area contributed by atoms with Crippen molar-refractivity contribution < 1.29 is 13.2 Å². The highest BCUT2D eigenvalue weighted by molar-refractivity contribution is 7.89. The monoisotopic (exact) mass is 378 g/mol. The summed E-state index contributed by atoms with van der Waals surface area (Å²) in [5.74, 6) is 0.412. The van der Waals surface area contributed by atoms with Crippen LogP contribution in [0.15, 0.2) is 34.5 Å². The summed E-state index contributed by atoms with van der Waals surface area (Å²) in [5.41, 5.74) is 2.32. The lowest BCUT2D eigenvalue weighted by molar-refractivity contribution is 0.0774. The van der Waals surface area contributed by atoms with Crippen molar-refractivity contribution in [2.75, 3.05) is 26.7 Å². The number of methoxy groups -OCH3 is 1. The Balaban J connectivity index is 1.48. The molecule has 4 rings (SSSR count). The molecule has 0 unspecified atom stereocenters. The van der Waals surface area contributed by atoms with Crippen molar-refractivity contribution in [3.05, 3.63) is 45.6 Å². The number of fused-ring (bicyclic) bond motifs is 1. The van der Waals surface area contributed by atoms with E-state index in [1.54, 1.807) is 16.4 Å². The molecule has 2 aliphatic rings. The number of nitrogens with zero attached hydrogens (tertiary/aromatic N) is 2. The molecule has 0 radical (unpaired) electrons. The fourth-order valence-electron chi connectivity index (χ4n) is 3.55. The molecule has 5 nitrogen and oxygen atoms in total. The van der Waals surface area contributed by atoms with Gasteiger partial charge in [-0.25, -0.2) is 8.42 Å². The molecule has 7 heteroatoms. The summed E-state index contributed by atoms with van der Waals surface area (Å²) in [6.07, 6.45) is 1.07. The topological polar surface area (TPSA) is 49.9 Å². The zero-order chi connectivity index (χ0) is 17.6. The highest BCUT2D eigenvalue weighted by Crippen LogP contribution is 2.33. The minimum atomic E-state index is -3.51. The Labute approximate surface area is 152 Å². The van der Waals surface area contributed by atoms with Crippen molar-refractivity contribution in [1.29, 1.82) is 0 Å². The van der Waals surface area contributed by atoms with Gasteiger partial charge >= 0.3 is 0 Å². The maximum absolute atomic E-state index is 13.0. The number of hydrogen-bond acceptors (Lipinski definition) is 5. The van der Waals surface area contributed by atoms with Crippen molar-refractivity contribution in [2.45, 2.75) is 30.8 Å². The molecule has 0 atom stereocenters. The number of rotatable bonds is 4. The van der Waals surface area contributed by atoms with Gasteiger partial charge in [-0.05, 0) is 48.1 Å². The molecule has 0 saturated carbocycles. The summed E-state index contributed by atoms with van der Waals surface area (Å²) in [6, 6.07) is 7.78. The van der Waals surface area contributed by atoms with E-state index in [1.165, 1.54) is 17.6 Å². The molecule has 0 amide bonds. The van der Waals surface area contributed by atoms with Crippen molar-refractivity contribution in [3.8, 4) is 5.75 Å². The van der Waals surface area contributed by atoms with Crippen LogP contribution in [0.3, 0.4) is 0 Å². The standard InChI is InChI=1S/C18H22N2O3S2/c1-13-3-4-16(23-2)18(9-13)25(21,22)20-11-15(12-20)19-7-5-17-14(10-19)6-8-24-17/h3-4,6,8-9,15H,5,7,10-12H2,1-2H3. The summed E-state index contributed by atoms with van der Waals surface area (Å²) >= 11 is 1.83. The van der Waals surface area contributed by atoms with Gasteiger partial charge in [0.05, 0.1) is 7.11 Å². The van der Waals surface area contributed by atoms with Gasteiger partial charge in [-0.3, -0.25) is 4.90 Å². The number of benzene rings is 1. The highest BCUT2D eigenvalue weighted by atomic mass is 32.2. The average molecular weight is 379 g/mol. The molecule has 0 aliphatic carbocycles. The lowest BCUT2D eigenvalue weighted by Gasteiger charge is -2.45. The fraction of sp³-hybridized carbons (Fsp3) is 0.444. The molecule has 0 spiro atoms. The molecular formula is C18H22N2O3S2. The zero-order valence-electron chi connectivity index (χ0n) is 14.4. The van der Waals surface area contributed by atoms with E-state index in [0.29, 0.717) is 24.9 Å². The van der Waals surface area contributed by atoms with E-state index < -0.39 is 10.0 Å². The predicted molar refractivity (Wildman–Crippen MR) is 98.7 cm³/mol. The number of hydrogen-bond donors (Lipinski definition) is 0. The first-order chi connectivity index (χ1) is 12.0. The van der Waals surface area contributed by atoms with Crippen molar-refractivity contribution in [1.82, 2.24) is 9.21 Å². The molecule has 1 saturated heterocycles. The van der Waals surface area contributed by atoms with Crippen LogP contribution in [-0.2, 0) is 23.0 Å². The Kier molecular flexibility index (Phi) is 4.35. The van der Waals surface area contributed by atoms with Gasteiger partial charge in [0, 0.05) is 37.1 Å². The third-order valence-corrected chi connectivity index (χ3v) is 8.00. The van der Waals surface area contributed by atoms with Gasteiger partial charge in [0.15, 0.2) is 0 Å². The van der Waals surface area contributed by atoms with Gasteiger partial charge in [0.1, 0.15) is 10.6 Å². The quantitative estimate of drug-likeness (QED) is 0.820. The van der Waals surface area contributed by atoms with E-state index in [-0.39, 0.29) is 4.90 Å². The Bertz CT molecular complexity index is 885. The molecular weight excluding hydrogens is 356 g/mol. The Hall–Kier alpha value is -1.41. The van der Waals surface area contributed by atoms with Crippen LogP contribution in [0.5, 0.6) is 5.75 Å². The van der Waals surface area contributed by atoms with E-state index in [1.807, 2.05) is 24.3 Å². The third-order valence-electron chi connectivity index (χ3n) is 5.12. The van der Waals surface area contributed by atoms with E-state index in [4.69, 9.17) is 4.74 Å². The van der Waals surface area contributed by atoms with E-state index >= 15 is 0 Å². The smallest absolute Gasteiger partial charge is 0.246 e. The van der Waals surface area contributed by atoms with Crippen LogP contribution in [-0.4, -0.2) is 50.4 Å². The highest BCUT2D eigenvalue weighted by Gasteiger charge is 2.41. The SMILES string of the molecule is COc1ccc(C)cc1S(=O)(=O)N1CC(N2CCc3sccc3C2)C1. The number of sulfonamides is 1. The van der Waals surface area contributed by atoms with Crippen LogP contribution >= 0.6 is 11.3 Å². The second kappa shape index (κ2) is 6.39. The number of aryl methyl sites for hydroxylation is 1. The summed E-state index contributed by atoms with van der Waals surface area (Å²) in [6.45, 7) is 4.95. The van der Waals surface area contributed by atoms with Crippen LogP contribution in [0.4, 0.5) is 0 Å². The first-order valence-corrected chi connectivity index (χ1v) is 10.7. The molecule has 0 bridgehead atoms. The van der Waals surface area contributed by atoms with Crippen molar-refractivity contribution >= 4 is 21.4 Å². The second-order valence-electron chi connectivity index (χ2n) is 6.72. The maximum Gasteiger partial charge on any atom is 0.246 e. The largest absolute Gasteiger partial charge is 0.495 e. The van der Waals surface area contributed by atoms with Gasteiger partial charge < -0.3 is 4.74 Å². The number of thiophene rings is 1. The van der Waals surface area contributed by atoms with Crippen LogP contribution in [0, 0.1) is 6.92 Å². The fourth-order valence-corrected chi connectivity index (χ4v) is 6.20. The van der Waals surface area contributed by atoms with Gasteiger partial charge in [-0.15, -0.1) is 11.3 Å². The van der Waals surface area contributed by atoms with Gasteiger partial charge in [0.25, 0.3) is 0 Å². The van der Waals surface area contributed by atoms with Crippen molar-refractivity contribution in [3.63, 3.8) is 0 Å². The Morgan fingerprint density at radius 3 is 2.80 bits per heavy atom. The summed E-state index contributed by atoms with van der Waals surface area (Å²) in [5, 5.41) is 2.15. The van der Waals surface area contributed by atoms with E-state index in [0.717, 1.165) is 25.1 Å². The first kappa shape index (κ1) is 17.0. The van der Waals surface area contributed by atoms with Gasteiger partial charge in [-0.2, -0.15) is 4.31 Å². The van der Waals surface area contributed by atoms with Crippen molar-refractivity contribution in [2.24, 2.45) is 0 Å². The zero-order valence-corrected chi connectivity index (χ0v) is 16.1. The number of ether oxygens (including phenoxy) is 1. The van der Waals surface area contributed by atoms with Gasteiger partial charge in [0.2, 0.25) is 10.0 Å². The first-order valence-electron chi connectivity index (χ1n) is 8.43. The maximum atomic E-state index is 13.0. The molecule has 25 heavy (non-hydrogen) atoms. The summed E-state index contributed by atoms with van der Waals surface area (Å²) in [4.78, 5) is 4.16. The average Bonchev–Trinajstić information content (AvgIpc) is 3.01. The van der Waals surface area contributed by atoms with Crippen LogP contribution in [0.2, 0.25) is 0 Å². The van der Waals surface area contributed by atoms with Gasteiger partial charge in [-0.1, -0.05) is 6.07 Å². The van der Waals surface area contributed by atoms with E-state index in [9.17, 15) is 8.42 Å². The van der Waals surface area contributed by atoms with Crippen LogP contribution in [0.1, 0.15) is 16.0 Å². The summed E-state index contributed by atoms with van der Waals surface area (Å²) in [7, 11) is -2.00. The molecule has 1 aromatic carbocycles.